The molecule has 1 aromatic carbocycles. The number of benzene rings is 1. The van der Waals surface area contributed by atoms with Crippen LogP contribution < -0.4 is 0 Å². The highest BCUT2D eigenvalue weighted by atomic mass is 79.9. The van der Waals surface area contributed by atoms with Gasteiger partial charge in [0.25, 0.3) is 0 Å². The third kappa shape index (κ3) is 4.10. The Morgan fingerprint density at radius 1 is 1.12 bits per heavy atom. The molecule has 0 fully saturated rings. The predicted octanol–water partition coefficient (Wildman–Crippen LogP) is 4.01. The minimum atomic E-state index is 0.423. The Balaban J connectivity index is 1.73. The third-order valence-corrected chi connectivity index (χ3v) is 4.12. The maximum atomic E-state index is 8.83. The molecule has 6 nitrogen and oxygen atoms in total. The molecule has 7 heteroatoms. The van der Waals surface area contributed by atoms with E-state index in [0.717, 1.165) is 15.8 Å². The van der Waals surface area contributed by atoms with Gasteiger partial charge in [0.15, 0.2) is 0 Å². The van der Waals surface area contributed by atoms with E-state index in [9.17, 15) is 0 Å². The Hall–Kier alpha value is -2.43. The zero-order valence-corrected chi connectivity index (χ0v) is 14.4. The molecule has 2 heterocycles. The first-order valence-corrected chi connectivity index (χ1v) is 8.24. The lowest BCUT2D eigenvalue weighted by Crippen LogP contribution is -2.23. The van der Waals surface area contributed by atoms with Gasteiger partial charge in [0.1, 0.15) is 5.76 Å². The van der Waals surface area contributed by atoms with Gasteiger partial charge in [-0.25, -0.2) is 0 Å². The minimum Gasteiger partial charge on any atom is -0.468 e. The number of furan rings is 1. The molecule has 0 saturated carbocycles. The molecule has 0 saturated heterocycles. The summed E-state index contributed by atoms with van der Waals surface area (Å²) in [7, 11) is 0. The van der Waals surface area contributed by atoms with E-state index >= 15 is 0 Å². The van der Waals surface area contributed by atoms with Crippen LogP contribution in [0.1, 0.15) is 18.1 Å². The standard InChI is InChI=1S/C17H15BrN4O2/c18-15-7-2-1-6-14(15)17-21-20-16(24-17)12-22(9-4-8-19)11-13-5-3-10-23-13/h1-3,5-7,10H,4,9,11-12H2. The molecule has 0 aliphatic carbocycles. The molecule has 0 atom stereocenters. The zero-order valence-electron chi connectivity index (χ0n) is 12.9. The van der Waals surface area contributed by atoms with Crippen molar-refractivity contribution in [2.45, 2.75) is 19.5 Å². The molecular formula is C17H15BrN4O2. The van der Waals surface area contributed by atoms with Crippen molar-refractivity contribution in [2.75, 3.05) is 6.54 Å². The molecule has 24 heavy (non-hydrogen) atoms. The van der Waals surface area contributed by atoms with E-state index in [2.05, 4.69) is 32.2 Å². The minimum absolute atomic E-state index is 0.423. The van der Waals surface area contributed by atoms with Crippen LogP contribution in [0.3, 0.4) is 0 Å². The van der Waals surface area contributed by atoms with Crippen molar-refractivity contribution in [3.8, 4) is 17.5 Å². The van der Waals surface area contributed by atoms with Crippen molar-refractivity contribution in [3.63, 3.8) is 0 Å². The summed E-state index contributed by atoms with van der Waals surface area (Å²) in [4.78, 5) is 2.04. The fourth-order valence-electron chi connectivity index (χ4n) is 2.30. The molecule has 2 aromatic heterocycles. The Kier molecular flexibility index (Phi) is 5.41. The number of hydrogen-bond acceptors (Lipinski definition) is 6. The summed E-state index contributed by atoms with van der Waals surface area (Å²) in [6.45, 7) is 1.64. The number of aromatic nitrogens is 2. The van der Waals surface area contributed by atoms with Gasteiger partial charge in [0, 0.05) is 17.4 Å². The first-order chi connectivity index (χ1) is 11.8. The van der Waals surface area contributed by atoms with Crippen molar-refractivity contribution in [1.82, 2.24) is 15.1 Å². The molecule has 0 unspecified atom stereocenters. The smallest absolute Gasteiger partial charge is 0.248 e. The largest absolute Gasteiger partial charge is 0.468 e. The monoisotopic (exact) mass is 386 g/mol. The van der Waals surface area contributed by atoms with Crippen molar-refractivity contribution >= 4 is 15.9 Å². The Morgan fingerprint density at radius 3 is 2.75 bits per heavy atom. The molecule has 0 aliphatic heterocycles. The summed E-state index contributed by atoms with van der Waals surface area (Å²) < 4.78 is 12.0. The zero-order chi connectivity index (χ0) is 16.8. The van der Waals surface area contributed by atoms with E-state index in [1.54, 1.807) is 6.26 Å². The van der Waals surface area contributed by atoms with Crippen LogP contribution in [-0.4, -0.2) is 21.6 Å². The lowest BCUT2D eigenvalue weighted by molar-refractivity contribution is 0.219. The number of halogens is 1. The average Bonchev–Trinajstić information content (AvgIpc) is 3.25. The SMILES string of the molecule is N#CCCN(Cc1ccco1)Cc1nnc(-c2ccccc2Br)o1. The number of nitrogens with zero attached hydrogens (tertiary/aromatic N) is 4. The molecule has 3 aromatic rings. The highest BCUT2D eigenvalue weighted by Gasteiger charge is 2.15. The summed E-state index contributed by atoms with van der Waals surface area (Å²) in [6.07, 6.45) is 2.06. The Bertz CT molecular complexity index is 823. The highest BCUT2D eigenvalue weighted by Crippen LogP contribution is 2.27. The van der Waals surface area contributed by atoms with E-state index in [-0.39, 0.29) is 0 Å². The summed E-state index contributed by atoms with van der Waals surface area (Å²) in [5.41, 5.74) is 0.853. The van der Waals surface area contributed by atoms with Crippen molar-refractivity contribution < 1.29 is 8.83 Å². The molecule has 0 amide bonds. The second-order valence-corrected chi connectivity index (χ2v) is 6.03. The lowest BCUT2D eigenvalue weighted by atomic mass is 10.2. The van der Waals surface area contributed by atoms with Gasteiger partial charge in [0.05, 0.1) is 31.0 Å². The fourth-order valence-corrected chi connectivity index (χ4v) is 2.75. The molecule has 0 aliphatic rings. The van der Waals surface area contributed by atoms with Gasteiger partial charge in [-0.2, -0.15) is 5.26 Å². The van der Waals surface area contributed by atoms with E-state index in [0.29, 0.717) is 37.8 Å². The van der Waals surface area contributed by atoms with E-state index in [1.807, 2.05) is 41.3 Å². The Labute approximate surface area is 147 Å². The molecule has 122 valence electrons. The van der Waals surface area contributed by atoms with Gasteiger partial charge in [-0.15, -0.1) is 10.2 Å². The fraction of sp³-hybridized carbons (Fsp3) is 0.235. The van der Waals surface area contributed by atoms with Gasteiger partial charge >= 0.3 is 0 Å². The first kappa shape index (κ1) is 16.4. The normalized spacial score (nSPS) is 10.9. The molecular weight excluding hydrogens is 372 g/mol. The van der Waals surface area contributed by atoms with Crippen molar-refractivity contribution in [3.05, 3.63) is 58.8 Å². The van der Waals surface area contributed by atoms with E-state index in [4.69, 9.17) is 14.1 Å². The second kappa shape index (κ2) is 7.90. The van der Waals surface area contributed by atoms with Crippen molar-refractivity contribution in [2.24, 2.45) is 0 Å². The summed E-state index contributed by atoms with van der Waals surface area (Å²) >= 11 is 3.48. The average molecular weight is 387 g/mol. The number of hydrogen-bond donors (Lipinski definition) is 0. The van der Waals surface area contributed by atoms with Crippen LogP contribution in [0.2, 0.25) is 0 Å². The quantitative estimate of drug-likeness (QED) is 0.610. The predicted molar refractivity (Wildman–Crippen MR) is 90.5 cm³/mol. The van der Waals surface area contributed by atoms with Crippen LogP contribution in [-0.2, 0) is 13.1 Å². The second-order valence-electron chi connectivity index (χ2n) is 5.18. The van der Waals surface area contributed by atoms with E-state index in [1.165, 1.54) is 0 Å². The van der Waals surface area contributed by atoms with E-state index < -0.39 is 0 Å². The van der Waals surface area contributed by atoms with Crippen molar-refractivity contribution in [1.29, 1.82) is 5.26 Å². The van der Waals surface area contributed by atoms with Crippen LogP contribution in [0, 0.1) is 11.3 Å². The summed E-state index contributed by atoms with van der Waals surface area (Å²) in [5, 5.41) is 17.1. The molecule has 0 N–H and O–H groups in total. The van der Waals surface area contributed by atoms with Crippen LogP contribution in [0.4, 0.5) is 0 Å². The van der Waals surface area contributed by atoms with Crippen LogP contribution in [0.5, 0.6) is 0 Å². The van der Waals surface area contributed by atoms with Gasteiger partial charge in [-0.05, 0) is 40.2 Å². The first-order valence-electron chi connectivity index (χ1n) is 7.45. The van der Waals surface area contributed by atoms with Gasteiger partial charge in [-0.3, -0.25) is 4.90 Å². The number of nitriles is 1. The van der Waals surface area contributed by atoms with Crippen LogP contribution in [0.25, 0.3) is 11.5 Å². The molecule has 0 spiro atoms. The topological polar surface area (TPSA) is 79.1 Å². The van der Waals surface area contributed by atoms with Gasteiger partial charge in [-0.1, -0.05) is 12.1 Å². The molecule has 0 radical (unpaired) electrons. The van der Waals surface area contributed by atoms with Crippen LogP contribution in [0.15, 0.2) is 56.0 Å². The third-order valence-electron chi connectivity index (χ3n) is 3.43. The molecule has 0 bridgehead atoms. The Morgan fingerprint density at radius 2 is 2.00 bits per heavy atom. The highest BCUT2D eigenvalue weighted by molar-refractivity contribution is 9.10. The maximum absolute atomic E-state index is 8.83. The lowest BCUT2D eigenvalue weighted by Gasteiger charge is -2.17. The maximum Gasteiger partial charge on any atom is 0.248 e. The summed E-state index contributed by atoms with van der Waals surface area (Å²) in [5.74, 6) is 1.81. The summed E-state index contributed by atoms with van der Waals surface area (Å²) in [6, 6.07) is 13.6. The van der Waals surface area contributed by atoms with Crippen LogP contribution >= 0.6 is 15.9 Å². The number of rotatable bonds is 7. The van der Waals surface area contributed by atoms with Gasteiger partial charge < -0.3 is 8.83 Å². The van der Waals surface area contributed by atoms with Gasteiger partial charge in [0.2, 0.25) is 11.8 Å². The molecule has 3 rings (SSSR count).